The number of para-hydroxylation sites is 2. The number of aromatic nitrogens is 1. The number of rotatable bonds is 0. The van der Waals surface area contributed by atoms with Crippen LogP contribution in [0.1, 0.15) is 5.56 Å². The van der Waals surface area contributed by atoms with E-state index in [0.29, 0.717) is 5.75 Å². The summed E-state index contributed by atoms with van der Waals surface area (Å²) in [6.07, 6.45) is 0. The first kappa shape index (κ1) is 11.3. The van der Waals surface area contributed by atoms with Crippen molar-refractivity contribution in [2.45, 2.75) is 6.61 Å². The number of halogens is 1. The van der Waals surface area contributed by atoms with Crippen LogP contribution in [-0.2, 0) is 11.3 Å². The van der Waals surface area contributed by atoms with Crippen LogP contribution in [0.15, 0.2) is 54.6 Å². The predicted octanol–water partition coefficient (Wildman–Crippen LogP) is 2.97. The van der Waals surface area contributed by atoms with E-state index in [0.717, 1.165) is 27.7 Å². The van der Waals surface area contributed by atoms with Gasteiger partial charge in [-0.1, -0.05) is 24.3 Å². The second-order valence-corrected chi connectivity index (χ2v) is 5.45. The topological polar surface area (TPSA) is 22.3 Å². The maximum atomic E-state index is 15.3. The molecule has 0 saturated carbocycles. The highest BCUT2D eigenvalue weighted by molar-refractivity contribution is 6.52. The maximum absolute atomic E-state index is 15.3. The molecule has 1 aromatic heterocycles. The monoisotopic (exact) mass is 279 g/mol. The Kier molecular flexibility index (Phi) is 1.95. The number of hydrogen-bond acceptors (Lipinski definition) is 2. The van der Waals surface area contributed by atoms with Crippen LogP contribution in [0.25, 0.3) is 22.2 Å². The van der Waals surface area contributed by atoms with Crippen LogP contribution in [0.5, 0.6) is 5.75 Å². The molecule has 3 heterocycles. The molecule has 102 valence electrons. The van der Waals surface area contributed by atoms with E-state index in [9.17, 15) is 0 Å². The summed E-state index contributed by atoms with van der Waals surface area (Å²) in [5, 5.41) is 0.992. The third-order valence-electron chi connectivity index (χ3n) is 4.26. The SMILES string of the molecule is F[B-]12OCc3cccc4ccc([n+]1c34)-c1ccccc1O2. The highest BCUT2D eigenvalue weighted by atomic mass is 19.1. The Morgan fingerprint density at radius 3 is 2.86 bits per heavy atom. The van der Waals surface area contributed by atoms with Crippen LogP contribution in [0, 0.1) is 0 Å². The highest BCUT2D eigenvalue weighted by Gasteiger charge is 2.54. The molecule has 0 N–H and O–H groups in total. The first-order valence-electron chi connectivity index (χ1n) is 6.97. The lowest BCUT2D eigenvalue weighted by Crippen LogP contribution is -2.72. The zero-order valence-electron chi connectivity index (χ0n) is 11.1. The van der Waals surface area contributed by atoms with Crippen molar-refractivity contribution in [1.29, 1.82) is 0 Å². The first-order chi connectivity index (χ1) is 10.3. The number of hydrogen-bond donors (Lipinski definition) is 0. The van der Waals surface area contributed by atoms with Crippen LogP contribution in [0.2, 0.25) is 0 Å². The molecule has 0 radical (unpaired) electrons. The lowest BCUT2D eigenvalue weighted by molar-refractivity contribution is -0.554. The van der Waals surface area contributed by atoms with Gasteiger partial charge in [0.15, 0.2) is 11.2 Å². The van der Waals surface area contributed by atoms with Gasteiger partial charge in [0.05, 0.1) is 11.3 Å². The Bertz CT molecular complexity index is 914. The maximum Gasteiger partial charge on any atom is 0.797 e. The normalized spacial score (nSPS) is 21.8. The summed E-state index contributed by atoms with van der Waals surface area (Å²) in [5.41, 5.74) is 3.51. The molecule has 0 bridgehead atoms. The molecule has 2 aliphatic rings. The Labute approximate surface area is 120 Å². The van der Waals surface area contributed by atoms with Gasteiger partial charge in [-0.15, -0.1) is 0 Å². The van der Waals surface area contributed by atoms with E-state index < -0.39 is 6.96 Å². The molecule has 1 atom stereocenters. The molecule has 0 fully saturated rings. The zero-order valence-corrected chi connectivity index (χ0v) is 11.1. The molecule has 3 nitrogen and oxygen atoms in total. The molecule has 0 saturated heterocycles. The minimum Gasteiger partial charge on any atom is -0.602 e. The van der Waals surface area contributed by atoms with Gasteiger partial charge in [0, 0.05) is 23.6 Å². The third kappa shape index (κ3) is 1.34. The molecule has 21 heavy (non-hydrogen) atoms. The molecule has 2 aliphatic heterocycles. The van der Waals surface area contributed by atoms with Gasteiger partial charge in [0.25, 0.3) is 0 Å². The Morgan fingerprint density at radius 1 is 1.00 bits per heavy atom. The minimum atomic E-state index is -3.03. The van der Waals surface area contributed by atoms with Crippen LogP contribution in [0.4, 0.5) is 4.32 Å². The predicted molar refractivity (Wildman–Crippen MR) is 77.3 cm³/mol. The molecule has 0 spiro atoms. The summed E-state index contributed by atoms with van der Waals surface area (Å²) in [6, 6.07) is 17.3. The molecule has 0 aliphatic carbocycles. The molecule has 5 heteroatoms. The average molecular weight is 279 g/mol. The van der Waals surface area contributed by atoms with Crippen molar-refractivity contribution < 1.29 is 18.1 Å². The number of fused-ring (bicyclic) bond motifs is 2. The van der Waals surface area contributed by atoms with Gasteiger partial charge in [-0.05, 0) is 24.3 Å². The lowest BCUT2D eigenvalue weighted by atomic mass is 9.88. The zero-order chi connectivity index (χ0) is 14.0. The van der Waals surface area contributed by atoms with Crippen molar-refractivity contribution >= 4 is 17.9 Å². The fraction of sp³-hybridized carbons (Fsp3) is 0.0625. The first-order valence-corrected chi connectivity index (χ1v) is 6.97. The number of benzene rings is 2. The smallest absolute Gasteiger partial charge is 0.602 e. The molecule has 1 unspecified atom stereocenters. The summed E-state index contributed by atoms with van der Waals surface area (Å²) in [4.78, 5) is 0. The number of nitrogens with zero attached hydrogens (tertiary/aromatic N) is 1. The van der Waals surface area contributed by atoms with Gasteiger partial charge in [-0.25, -0.2) is 0 Å². The van der Waals surface area contributed by atoms with E-state index in [4.69, 9.17) is 9.31 Å². The molecule has 2 aromatic carbocycles. The van der Waals surface area contributed by atoms with Gasteiger partial charge >= 0.3 is 6.96 Å². The number of pyridine rings is 1. The molecular formula is C16H11BFNO2. The van der Waals surface area contributed by atoms with Crippen molar-refractivity contribution in [2.75, 3.05) is 0 Å². The summed E-state index contributed by atoms with van der Waals surface area (Å²) in [6.45, 7) is -2.81. The van der Waals surface area contributed by atoms with Crippen molar-refractivity contribution in [3.05, 3.63) is 60.2 Å². The quantitative estimate of drug-likeness (QED) is 0.590. The summed E-state index contributed by atoms with van der Waals surface area (Å²) < 4.78 is 27.9. The van der Waals surface area contributed by atoms with Crippen LogP contribution < -0.4 is 9.13 Å². The van der Waals surface area contributed by atoms with Crippen LogP contribution in [0.3, 0.4) is 0 Å². The van der Waals surface area contributed by atoms with Gasteiger partial charge in [0.1, 0.15) is 0 Å². The standard InChI is InChI=1S/C16H11BFNO2/c18-17-19-14(13-6-1-2-7-15(13)21-17)9-8-11-4-3-5-12(10-20-17)16(11)19/h1-9H,10H2. The fourth-order valence-electron chi connectivity index (χ4n) is 3.36. The Hall–Kier alpha value is -2.40. The van der Waals surface area contributed by atoms with Crippen molar-refractivity contribution in [3.8, 4) is 17.0 Å². The second-order valence-electron chi connectivity index (χ2n) is 5.45. The van der Waals surface area contributed by atoms with Crippen molar-refractivity contribution in [3.63, 3.8) is 0 Å². The van der Waals surface area contributed by atoms with Crippen LogP contribution >= 0.6 is 0 Å². The van der Waals surface area contributed by atoms with E-state index in [1.165, 1.54) is 0 Å². The largest absolute Gasteiger partial charge is 0.797 e. The third-order valence-corrected chi connectivity index (χ3v) is 4.26. The summed E-state index contributed by atoms with van der Waals surface area (Å²) in [7, 11) is 0. The van der Waals surface area contributed by atoms with Gasteiger partial charge in [0.2, 0.25) is 0 Å². The average Bonchev–Trinajstić information content (AvgIpc) is 2.52. The second kappa shape index (κ2) is 3.62. The molecule has 0 amide bonds. The van der Waals surface area contributed by atoms with Crippen molar-refractivity contribution in [2.24, 2.45) is 0 Å². The molecule has 5 rings (SSSR count). The Morgan fingerprint density at radius 2 is 1.90 bits per heavy atom. The van der Waals surface area contributed by atoms with Gasteiger partial charge < -0.3 is 18.1 Å². The van der Waals surface area contributed by atoms with E-state index in [-0.39, 0.29) is 6.61 Å². The van der Waals surface area contributed by atoms with Gasteiger partial charge in [-0.2, -0.15) is 0 Å². The molecular weight excluding hydrogens is 268 g/mol. The summed E-state index contributed by atoms with van der Waals surface area (Å²) in [5.74, 6) is 0.527. The Balaban J connectivity index is 2.00. The summed E-state index contributed by atoms with van der Waals surface area (Å²) >= 11 is 0. The van der Waals surface area contributed by atoms with E-state index >= 15 is 4.32 Å². The minimum absolute atomic E-state index is 0.222. The molecule has 3 aromatic rings. The lowest BCUT2D eigenvalue weighted by Gasteiger charge is -2.37. The van der Waals surface area contributed by atoms with Crippen LogP contribution in [-0.4, -0.2) is 6.96 Å². The highest BCUT2D eigenvalue weighted by Crippen LogP contribution is 2.37. The van der Waals surface area contributed by atoms with Gasteiger partial charge in [-0.3, -0.25) is 0 Å². The van der Waals surface area contributed by atoms with E-state index in [2.05, 4.69) is 0 Å². The fourth-order valence-corrected chi connectivity index (χ4v) is 3.36. The van der Waals surface area contributed by atoms with E-state index in [1.54, 1.807) is 10.5 Å². The van der Waals surface area contributed by atoms with E-state index in [1.807, 2.05) is 48.5 Å². The van der Waals surface area contributed by atoms with Crippen molar-refractivity contribution in [1.82, 2.24) is 0 Å².